The number of urea groups is 1. The van der Waals surface area contributed by atoms with Gasteiger partial charge in [-0.2, -0.15) is 5.26 Å². The van der Waals surface area contributed by atoms with E-state index < -0.39 is 23.0 Å². The third kappa shape index (κ3) is 5.44. The van der Waals surface area contributed by atoms with Crippen LogP contribution in [0.2, 0.25) is 0 Å². The van der Waals surface area contributed by atoms with Gasteiger partial charge >= 0.3 is 12.0 Å². The molecule has 11 nitrogen and oxygen atoms in total. The number of amides is 3. The van der Waals surface area contributed by atoms with E-state index in [1.165, 1.54) is 47.1 Å². The predicted molar refractivity (Wildman–Crippen MR) is 124 cm³/mol. The Balaban J connectivity index is 1.82. The first kappa shape index (κ1) is 24.9. The summed E-state index contributed by atoms with van der Waals surface area (Å²) in [7, 11) is 1.59. The van der Waals surface area contributed by atoms with Gasteiger partial charge in [0.1, 0.15) is 0 Å². The molecule has 1 atom stereocenters. The Labute approximate surface area is 201 Å². The van der Waals surface area contributed by atoms with E-state index in [9.17, 15) is 29.6 Å². The summed E-state index contributed by atoms with van der Waals surface area (Å²) in [6.45, 7) is 1.79. The fraction of sp³-hybridized carbons (Fsp3) is 0.250. The van der Waals surface area contributed by atoms with Crippen molar-refractivity contribution in [2.24, 2.45) is 0 Å². The molecule has 11 heteroatoms. The van der Waals surface area contributed by atoms with Gasteiger partial charge in [0.05, 0.1) is 28.2 Å². The van der Waals surface area contributed by atoms with Gasteiger partial charge in [0, 0.05) is 43.5 Å². The average Bonchev–Trinajstić information content (AvgIpc) is 2.84. The number of carbonyl (C=O) groups is 3. The van der Waals surface area contributed by atoms with Crippen LogP contribution in [0.3, 0.4) is 0 Å². The molecule has 35 heavy (non-hydrogen) atoms. The van der Waals surface area contributed by atoms with Crippen molar-refractivity contribution in [2.75, 3.05) is 20.1 Å². The number of carboxylic acids is 1. The molecule has 2 aromatic carbocycles. The number of nitrogens with one attached hydrogen (secondary N) is 1. The quantitative estimate of drug-likeness (QED) is 0.437. The van der Waals surface area contributed by atoms with Crippen LogP contribution in [0.1, 0.15) is 40.9 Å². The molecular weight excluding hydrogens is 454 g/mol. The zero-order chi connectivity index (χ0) is 25.7. The van der Waals surface area contributed by atoms with Crippen molar-refractivity contribution >= 4 is 23.6 Å². The Bertz CT molecular complexity index is 1270. The highest BCUT2D eigenvalue weighted by Gasteiger charge is 2.38. The highest BCUT2D eigenvalue weighted by Crippen LogP contribution is 2.35. The lowest BCUT2D eigenvalue weighted by atomic mass is 9.93. The lowest BCUT2D eigenvalue weighted by molar-refractivity contribution is -0.384. The molecule has 1 aliphatic heterocycles. The molecule has 0 radical (unpaired) electrons. The summed E-state index contributed by atoms with van der Waals surface area (Å²) in [5, 5.41) is 32.7. The number of nitrogens with zero attached hydrogens (tertiary/aromatic N) is 4. The molecule has 0 aliphatic carbocycles. The van der Waals surface area contributed by atoms with E-state index in [4.69, 9.17) is 5.26 Å². The molecule has 0 saturated heterocycles. The molecule has 180 valence electrons. The molecular formula is C24H23N5O6. The smallest absolute Gasteiger partial charge is 0.335 e. The first-order valence-electron chi connectivity index (χ1n) is 10.7. The van der Waals surface area contributed by atoms with E-state index in [1.807, 2.05) is 6.07 Å². The average molecular weight is 477 g/mol. The number of nitriles is 1. The maximum Gasteiger partial charge on any atom is 0.335 e. The molecule has 2 N–H and O–H groups in total. The molecule has 0 spiro atoms. The molecule has 1 aliphatic rings. The summed E-state index contributed by atoms with van der Waals surface area (Å²) in [6, 6.07) is 12.2. The first-order valence-corrected chi connectivity index (χ1v) is 10.7. The minimum atomic E-state index is -1.26. The third-order valence-electron chi connectivity index (χ3n) is 5.65. The SMILES string of the molecule is CC1=C(C(=O)O)C(c2cccc([N+](=O)[O-])c2)N(CCCN(C)C(=O)c2cccc(C#N)c2)C(=O)N1. The highest BCUT2D eigenvalue weighted by molar-refractivity contribution is 5.95. The molecule has 0 saturated carbocycles. The Kier molecular flexibility index (Phi) is 7.46. The van der Waals surface area contributed by atoms with Crippen LogP contribution in [-0.4, -0.2) is 57.9 Å². The molecule has 3 amide bonds. The summed E-state index contributed by atoms with van der Waals surface area (Å²) < 4.78 is 0. The zero-order valence-electron chi connectivity index (χ0n) is 19.1. The largest absolute Gasteiger partial charge is 0.478 e. The zero-order valence-corrected chi connectivity index (χ0v) is 19.1. The first-order chi connectivity index (χ1) is 16.6. The van der Waals surface area contributed by atoms with Gasteiger partial charge in [-0.25, -0.2) is 9.59 Å². The van der Waals surface area contributed by atoms with E-state index in [0.29, 0.717) is 23.1 Å². The number of carbonyl (C=O) groups excluding carboxylic acids is 2. The Hall–Kier alpha value is -4.72. The lowest BCUT2D eigenvalue weighted by Gasteiger charge is -2.37. The fourth-order valence-corrected chi connectivity index (χ4v) is 3.96. The van der Waals surface area contributed by atoms with Crippen LogP contribution in [0.4, 0.5) is 10.5 Å². The van der Waals surface area contributed by atoms with Crippen LogP contribution in [0.5, 0.6) is 0 Å². The summed E-state index contributed by atoms with van der Waals surface area (Å²) >= 11 is 0. The van der Waals surface area contributed by atoms with E-state index in [-0.39, 0.29) is 36.0 Å². The van der Waals surface area contributed by atoms with Crippen molar-refractivity contribution in [3.8, 4) is 6.07 Å². The highest BCUT2D eigenvalue weighted by atomic mass is 16.6. The van der Waals surface area contributed by atoms with Crippen LogP contribution in [0.15, 0.2) is 59.8 Å². The maximum absolute atomic E-state index is 12.8. The second-order valence-electron chi connectivity index (χ2n) is 7.99. The Morgan fingerprint density at radius 2 is 1.97 bits per heavy atom. The maximum atomic E-state index is 12.8. The number of benzene rings is 2. The van der Waals surface area contributed by atoms with Crippen LogP contribution >= 0.6 is 0 Å². The number of nitro groups is 1. The van der Waals surface area contributed by atoms with Gasteiger partial charge in [-0.05, 0) is 37.1 Å². The number of nitro benzene ring substituents is 1. The number of aliphatic carboxylic acids is 1. The normalized spacial score (nSPS) is 15.3. The number of non-ortho nitro benzene ring substituents is 1. The summed E-state index contributed by atoms with van der Waals surface area (Å²) in [6.07, 6.45) is 0.310. The van der Waals surface area contributed by atoms with Gasteiger partial charge in [-0.1, -0.05) is 18.2 Å². The monoisotopic (exact) mass is 477 g/mol. The van der Waals surface area contributed by atoms with E-state index >= 15 is 0 Å². The van der Waals surface area contributed by atoms with Gasteiger partial charge in [-0.3, -0.25) is 14.9 Å². The van der Waals surface area contributed by atoms with Crippen molar-refractivity contribution in [3.63, 3.8) is 0 Å². The topological polar surface area (TPSA) is 157 Å². The van der Waals surface area contributed by atoms with Crippen molar-refractivity contribution in [3.05, 3.63) is 86.6 Å². The molecule has 0 fully saturated rings. The molecule has 1 unspecified atom stereocenters. The predicted octanol–water partition coefficient (Wildman–Crippen LogP) is 3.05. The van der Waals surface area contributed by atoms with Gasteiger partial charge in [0.2, 0.25) is 0 Å². The van der Waals surface area contributed by atoms with Gasteiger partial charge in [0.25, 0.3) is 11.6 Å². The summed E-state index contributed by atoms with van der Waals surface area (Å²) in [5.41, 5.74) is 0.841. The fourth-order valence-electron chi connectivity index (χ4n) is 3.96. The number of hydrogen-bond acceptors (Lipinski definition) is 6. The van der Waals surface area contributed by atoms with E-state index in [1.54, 1.807) is 25.2 Å². The number of hydrogen-bond donors (Lipinski definition) is 2. The minimum Gasteiger partial charge on any atom is -0.478 e. The molecule has 2 aromatic rings. The second kappa shape index (κ2) is 10.5. The van der Waals surface area contributed by atoms with Crippen LogP contribution in [0.25, 0.3) is 0 Å². The van der Waals surface area contributed by atoms with Crippen LogP contribution < -0.4 is 5.32 Å². The van der Waals surface area contributed by atoms with Crippen LogP contribution in [-0.2, 0) is 4.79 Å². The summed E-state index contributed by atoms with van der Waals surface area (Å²) in [5.74, 6) is -1.56. The number of rotatable bonds is 8. The minimum absolute atomic E-state index is 0.0824. The van der Waals surface area contributed by atoms with E-state index in [0.717, 1.165) is 0 Å². The molecule has 1 heterocycles. The lowest BCUT2D eigenvalue weighted by Crippen LogP contribution is -2.49. The van der Waals surface area contributed by atoms with Crippen molar-refractivity contribution in [1.29, 1.82) is 5.26 Å². The van der Waals surface area contributed by atoms with E-state index in [2.05, 4.69) is 5.32 Å². The number of carboxylic acid groups (broad SMARTS) is 1. The third-order valence-corrected chi connectivity index (χ3v) is 5.65. The second-order valence-corrected chi connectivity index (χ2v) is 7.99. The van der Waals surface area contributed by atoms with Gasteiger partial charge in [-0.15, -0.1) is 0 Å². The van der Waals surface area contributed by atoms with Crippen molar-refractivity contribution in [2.45, 2.75) is 19.4 Å². The molecule has 3 rings (SSSR count). The summed E-state index contributed by atoms with van der Waals surface area (Å²) in [4.78, 5) is 51.0. The number of allylic oxidation sites excluding steroid dienone is 1. The van der Waals surface area contributed by atoms with Crippen LogP contribution in [0, 0.1) is 21.4 Å². The Morgan fingerprint density at radius 3 is 2.63 bits per heavy atom. The molecule has 0 bridgehead atoms. The van der Waals surface area contributed by atoms with Gasteiger partial charge < -0.3 is 20.2 Å². The Morgan fingerprint density at radius 1 is 1.26 bits per heavy atom. The van der Waals surface area contributed by atoms with Crippen molar-refractivity contribution in [1.82, 2.24) is 15.1 Å². The van der Waals surface area contributed by atoms with Gasteiger partial charge in [0.15, 0.2) is 0 Å². The standard InChI is InChI=1S/C24H23N5O6/c1-15-20(23(31)32)21(17-7-4-9-19(13-17)29(34)35)28(24(33)26-15)11-5-10-27(2)22(30)18-8-3-6-16(12-18)14-25/h3-4,6-9,12-13,21H,5,10-11H2,1-2H3,(H,26,33)(H,31,32). The van der Waals surface area contributed by atoms with Crippen molar-refractivity contribution < 1.29 is 24.4 Å². The molecule has 0 aromatic heterocycles.